The minimum atomic E-state index is -4.29. The molecule has 0 aliphatic carbocycles. The highest BCUT2D eigenvalue weighted by molar-refractivity contribution is 5.27. The largest absolute Gasteiger partial charge is 0.416 e. The fourth-order valence-electron chi connectivity index (χ4n) is 3.32. The van der Waals surface area contributed by atoms with Crippen LogP contribution in [0.4, 0.5) is 13.2 Å². The van der Waals surface area contributed by atoms with Gasteiger partial charge in [0.05, 0.1) is 5.56 Å². The van der Waals surface area contributed by atoms with Crippen LogP contribution in [0.5, 0.6) is 0 Å². The zero-order valence-corrected chi connectivity index (χ0v) is 15.2. The van der Waals surface area contributed by atoms with Crippen molar-refractivity contribution in [3.05, 3.63) is 35.4 Å². The lowest BCUT2D eigenvalue weighted by atomic mass is 10.0. The summed E-state index contributed by atoms with van der Waals surface area (Å²) >= 11 is 0. The molecule has 3 unspecified atom stereocenters. The Bertz CT molecular complexity index is 514. The highest BCUT2D eigenvalue weighted by atomic mass is 19.4. The van der Waals surface area contributed by atoms with Crippen molar-refractivity contribution in [1.82, 2.24) is 21.1 Å². The quantitative estimate of drug-likeness (QED) is 0.668. The van der Waals surface area contributed by atoms with E-state index in [0.717, 1.165) is 38.3 Å². The van der Waals surface area contributed by atoms with Gasteiger partial charge in [-0.25, -0.2) is 0 Å². The molecule has 0 saturated carbocycles. The second-order valence-corrected chi connectivity index (χ2v) is 6.59. The first-order valence-electron chi connectivity index (χ1n) is 8.97. The molecule has 7 heteroatoms. The van der Waals surface area contributed by atoms with Gasteiger partial charge in [-0.1, -0.05) is 26.0 Å². The summed E-state index contributed by atoms with van der Waals surface area (Å²) in [5.74, 6) is 0.505. The number of rotatable bonds is 8. The monoisotopic (exact) mass is 358 g/mol. The first-order valence-corrected chi connectivity index (χ1v) is 8.97. The summed E-state index contributed by atoms with van der Waals surface area (Å²) < 4.78 is 38.4. The first kappa shape index (κ1) is 20.2. The number of hydrazine groups is 1. The van der Waals surface area contributed by atoms with E-state index in [4.69, 9.17) is 0 Å². The van der Waals surface area contributed by atoms with Crippen LogP contribution in [-0.4, -0.2) is 43.7 Å². The second kappa shape index (κ2) is 8.98. The molecule has 1 fully saturated rings. The fraction of sp³-hybridized carbons (Fsp3) is 0.667. The summed E-state index contributed by atoms with van der Waals surface area (Å²) in [5, 5.41) is 3.51. The summed E-state index contributed by atoms with van der Waals surface area (Å²) in [6.45, 7) is 10.5. The Morgan fingerprint density at radius 1 is 1.20 bits per heavy atom. The molecule has 0 amide bonds. The maximum atomic E-state index is 12.8. The zero-order chi connectivity index (χ0) is 18.4. The number of nitrogens with one attached hydrogen (secondary N) is 3. The van der Waals surface area contributed by atoms with E-state index in [1.54, 1.807) is 12.1 Å². The molecular weight excluding hydrogens is 329 g/mol. The van der Waals surface area contributed by atoms with Crippen LogP contribution < -0.4 is 16.2 Å². The third-order valence-corrected chi connectivity index (χ3v) is 5.02. The smallest absolute Gasteiger partial charge is 0.314 e. The van der Waals surface area contributed by atoms with Gasteiger partial charge in [0.25, 0.3) is 0 Å². The molecule has 0 aromatic heterocycles. The van der Waals surface area contributed by atoms with Crippen LogP contribution in [0.1, 0.15) is 37.9 Å². The molecule has 1 heterocycles. The van der Waals surface area contributed by atoms with Crippen molar-refractivity contribution >= 4 is 0 Å². The molecule has 1 aromatic carbocycles. The third kappa shape index (κ3) is 5.41. The molecule has 1 aliphatic rings. The van der Waals surface area contributed by atoms with Crippen LogP contribution >= 0.6 is 0 Å². The Labute approximate surface area is 148 Å². The predicted molar refractivity (Wildman–Crippen MR) is 94.1 cm³/mol. The van der Waals surface area contributed by atoms with E-state index in [-0.39, 0.29) is 6.04 Å². The maximum absolute atomic E-state index is 12.8. The van der Waals surface area contributed by atoms with Crippen LogP contribution in [0, 0.1) is 5.92 Å². The summed E-state index contributed by atoms with van der Waals surface area (Å²) in [4.78, 5) is 2.27. The van der Waals surface area contributed by atoms with Gasteiger partial charge in [-0.3, -0.25) is 15.8 Å². The minimum absolute atomic E-state index is 0.0647. The van der Waals surface area contributed by atoms with E-state index in [9.17, 15) is 13.2 Å². The van der Waals surface area contributed by atoms with E-state index in [2.05, 4.69) is 41.8 Å². The van der Waals surface area contributed by atoms with E-state index >= 15 is 0 Å². The average Bonchev–Trinajstić information content (AvgIpc) is 2.99. The molecule has 142 valence electrons. The summed E-state index contributed by atoms with van der Waals surface area (Å²) in [6, 6.07) is 6.04. The van der Waals surface area contributed by atoms with Gasteiger partial charge in [-0.2, -0.15) is 13.2 Å². The highest BCUT2D eigenvalue weighted by Gasteiger charge is 2.30. The van der Waals surface area contributed by atoms with Crippen molar-refractivity contribution in [3.63, 3.8) is 0 Å². The van der Waals surface area contributed by atoms with E-state index in [1.807, 2.05) is 0 Å². The summed E-state index contributed by atoms with van der Waals surface area (Å²) in [6.07, 6.45) is -4.29. The van der Waals surface area contributed by atoms with Gasteiger partial charge in [-0.15, -0.1) is 0 Å². The Hall–Kier alpha value is -1.15. The molecule has 3 N–H and O–H groups in total. The lowest BCUT2D eigenvalue weighted by Crippen LogP contribution is -2.39. The van der Waals surface area contributed by atoms with Crippen molar-refractivity contribution in [2.45, 2.75) is 39.0 Å². The van der Waals surface area contributed by atoms with Crippen LogP contribution in [0.3, 0.4) is 0 Å². The van der Waals surface area contributed by atoms with Gasteiger partial charge in [0, 0.05) is 37.6 Å². The van der Waals surface area contributed by atoms with Gasteiger partial charge in [-0.05, 0) is 37.7 Å². The summed E-state index contributed by atoms with van der Waals surface area (Å²) in [5.41, 5.74) is 6.67. The molecular formula is C18H29F3N4. The van der Waals surface area contributed by atoms with Crippen LogP contribution in [0.2, 0.25) is 0 Å². The topological polar surface area (TPSA) is 39.3 Å². The van der Waals surface area contributed by atoms with Crippen LogP contribution in [0.25, 0.3) is 0 Å². The molecule has 0 spiro atoms. The molecule has 3 atom stereocenters. The van der Waals surface area contributed by atoms with E-state index < -0.39 is 11.7 Å². The lowest BCUT2D eigenvalue weighted by molar-refractivity contribution is -0.137. The van der Waals surface area contributed by atoms with Crippen LogP contribution in [0.15, 0.2) is 24.3 Å². The van der Waals surface area contributed by atoms with Crippen molar-refractivity contribution in [2.24, 2.45) is 5.92 Å². The van der Waals surface area contributed by atoms with Gasteiger partial charge in [0.15, 0.2) is 0 Å². The Balaban J connectivity index is 2.04. The number of nitrogens with zero attached hydrogens (tertiary/aromatic N) is 1. The average molecular weight is 358 g/mol. The molecule has 0 bridgehead atoms. The van der Waals surface area contributed by atoms with Crippen molar-refractivity contribution in [2.75, 3.05) is 32.7 Å². The van der Waals surface area contributed by atoms with Gasteiger partial charge in [0.2, 0.25) is 0 Å². The molecule has 2 rings (SSSR count). The Morgan fingerprint density at radius 2 is 1.84 bits per heavy atom. The van der Waals surface area contributed by atoms with Crippen LogP contribution in [-0.2, 0) is 6.18 Å². The van der Waals surface area contributed by atoms with Gasteiger partial charge >= 0.3 is 6.18 Å². The van der Waals surface area contributed by atoms with Crippen molar-refractivity contribution in [1.29, 1.82) is 0 Å². The number of hydrogen-bond donors (Lipinski definition) is 3. The highest BCUT2D eigenvalue weighted by Crippen LogP contribution is 2.30. The molecule has 0 radical (unpaired) electrons. The normalized spacial score (nSPS) is 22.5. The number of halogens is 3. The number of hydrogen-bond acceptors (Lipinski definition) is 4. The lowest BCUT2D eigenvalue weighted by Gasteiger charge is -2.31. The first-order chi connectivity index (χ1) is 11.9. The molecule has 25 heavy (non-hydrogen) atoms. The van der Waals surface area contributed by atoms with Crippen molar-refractivity contribution in [3.8, 4) is 0 Å². The molecule has 1 aliphatic heterocycles. The van der Waals surface area contributed by atoms with Crippen molar-refractivity contribution < 1.29 is 13.2 Å². The predicted octanol–water partition coefficient (Wildman–Crippen LogP) is 2.79. The zero-order valence-electron chi connectivity index (χ0n) is 15.2. The fourth-order valence-corrected chi connectivity index (χ4v) is 3.32. The molecule has 1 aromatic rings. The molecule has 4 nitrogen and oxygen atoms in total. The number of likely N-dealkylation sites (N-methyl/N-ethyl adjacent to an activating group) is 1. The van der Waals surface area contributed by atoms with Gasteiger partial charge in [0.1, 0.15) is 0 Å². The SMILES string of the molecule is CCN(CC)C(CNCC1CNNC1C)c1ccc(C(F)(F)F)cc1. The number of benzene rings is 1. The Morgan fingerprint density at radius 3 is 2.32 bits per heavy atom. The maximum Gasteiger partial charge on any atom is 0.416 e. The molecule has 1 saturated heterocycles. The number of alkyl halides is 3. The third-order valence-electron chi connectivity index (χ3n) is 5.02. The van der Waals surface area contributed by atoms with E-state index in [0.29, 0.717) is 12.0 Å². The standard InChI is InChI=1S/C18H29F3N4/c1-4-25(5-2)17(12-22-10-15-11-23-24-13(15)3)14-6-8-16(9-7-14)18(19,20)21/h6-9,13,15,17,22-24H,4-5,10-12H2,1-3H3. The summed E-state index contributed by atoms with van der Waals surface area (Å²) in [7, 11) is 0. The Kier molecular flexibility index (Phi) is 7.25. The minimum Gasteiger partial charge on any atom is -0.314 e. The van der Waals surface area contributed by atoms with Gasteiger partial charge < -0.3 is 5.32 Å². The second-order valence-electron chi connectivity index (χ2n) is 6.59. The van der Waals surface area contributed by atoms with E-state index in [1.165, 1.54) is 12.1 Å².